The summed E-state index contributed by atoms with van der Waals surface area (Å²) in [6.07, 6.45) is 0. The van der Waals surface area contributed by atoms with Gasteiger partial charge in [0.05, 0.1) is 12.7 Å². The Balaban J connectivity index is 2.85. The molecule has 20 heavy (non-hydrogen) atoms. The molecule has 1 heterocycles. The van der Waals surface area contributed by atoms with Crippen LogP contribution in [0.15, 0.2) is 16.6 Å². The third-order valence-corrected chi connectivity index (χ3v) is 3.24. The summed E-state index contributed by atoms with van der Waals surface area (Å²) in [5.74, 6) is -0.909. The molecule has 6 nitrogen and oxygen atoms in total. The van der Waals surface area contributed by atoms with Crippen LogP contribution in [0.3, 0.4) is 0 Å². The molecule has 2 rings (SSSR count). The number of hydrogen-bond acceptors (Lipinski definition) is 6. The van der Waals surface area contributed by atoms with Gasteiger partial charge >= 0.3 is 0 Å². The summed E-state index contributed by atoms with van der Waals surface area (Å²) in [6.45, 7) is 0. The number of benzene rings is 1. The lowest BCUT2D eigenvalue weighted by molar-refractivity contribution is 0.387. The van der Waals surface area contributed by atoms with Crippen LogP contribution in [0.5, 0.6) is 5.75 Å². The Labute approximate surface area is 122 Å². The summed E-state index contributed by atoms with van der Waals surface area (Å²) in [4.78, 5) is 7.60. The average Bonchev–Trinajstić information content (AvgIpc) is 2.38. The van der Waals surface area contributed by atoms with E-state index in [0.717, 1.165) is 0 Å². The van der Waals surface area contributed by atoms with Crippen LogP contribution in [-0.2, 0) is 0 Å². The van der Waals surface area contributed by atoms with Crippen LogP contribution >= 0.6 is 15.9 Å². The summed E-state index contributed by atoms with van der Waals surface area (Å²) in [5, 5.41) is 9.14. The average molecular weight is 338 g/mol. The molecule has 0 bridgehead atoms. The zero-order valence-electron chi connectivity index (χ0n) is 10.3. The molecule has 8 heteroatoms. The first-order valence-electron chi connectivity index (χ1n) is 5.35. The lowest BCUT2D eigenvalue weighted by atomic mass is 10.1. The van der Waals surface area contributed by atoms with Crippen molar-refractivity contribution >= 4 is 27.7 Å². The van der Waals surface area contributed by atoms with E-state index in [2.05, 4.69) is 25.9 Å². The second-order valence-electron chi connectivity index (χ2n) is 3.74. The van der Waals surface area contributed by atoms with Gasteiger partial charge in [-0.2, -0.15) is 10.2 Å². The summed E-state index contributed by atoms with van der Waals surface area (Å²) < 4.78 is 19.7. The lowest BCUT2D eigenvalue weighted by Crippen LogP contribution is -2.06. The van der Waals surface area contributed by atoms with E-state index in [-0.39, 0.29) is 34.3 Å². The van der Waals surface area contributed by atoms with Crippen molar-refractivity contribution < 1.29 is 9.13 Å². The maximum atomic E-state index is 14.4. The molecule has 0 amide bonds. The third-order valence-electron chi connectivity index (χ3n) is 2.58. The van der Waals surface area contributed by atoms with E-state index < -0.39 is 5.82 Å². The minimum absolute atomic E-state index is 0.0146. The van der Waals surface area contributed by atoms with E-state index in [1.54, 1.807) is 6.07 Å². The highest BCUT2D eigenvalue weighted by molar-refractivity contribution is 9.10. The van der Waals surface area contributed by atoms with E-state index in [1.807, 2.05) is 6.07 Å². The van der Waals surface area contributed by atoms with Gasteiger partial charge in [0.15, 0.2) is 11.6 Å². The Bertz CT molecular complexity index is 729. The summed E-state index contributed by atoms with van der Waals surface area (Å²) in [6, 6.07) is 4.87. The maximum absolute atomic E-state index is 14.4. The van der Waals surface area contributed by atoms with Crippen LogP contribution in [0.4, 0.5) is 16.2 Å². The van der Waals surface area contributed by atoms with Crippen LogP contribution in [0.25, 0.3) is 11.3 Å². The maximum Gasteiger partial charge on any atom is 0.222 e. The second kappa shape index (κ2) is 5.30. The number of nitrogens with two attached hydrogens (primary N) is 2. The van der Waals surface area contributed by atoms with Gasteiger partial charge in [0.25, 0.3) is 0 Å². The topological polar surface area (TPSA) is 111 Å². The highest BCUT2D eigenvalue weighted by Crippen LogP contribution is 2.37. The van der Waals surface area contributed by atoms with Crippen LogP contribution in [0.2, 0.25) is 0 Å². The molecule has 0 aliphatic heterocycles. The van der Waals surface area contributed by atoms with Crippen molar-refractivity contribution in [2.45, 2.75) is 0 Å². The van der Waals surface area contributed by atoms with Gasteiger partial charge in [-0.3, -0.25) is 0 Å². The normalized spacial score (nSPS) is 10.1. The Morgan fingerprint density at radius 3 is 2.65 bits per heavy atom. The zero-order chi connectivity index (χ0) is 14.9. The first-order valence-corrected chi connectivity index (χ1v) is 6.14. The van der Waals surface area contributed by atoms with Crippen LogP contribution in [0, 0.1) is 17.1 Å². The second-order valence-corrected chi connectivity index (χ2v) is 4.60. The van der Waals surface area contributed by atoms with Gasteiger partial charge in [-0.25, -0.2) is 9.37 Å². The molecule has 0 radical (unpaired) electrons. The Morgan fingerprint density at radius 1 is 1.35 bits per heavy atom. The lowest BCUT2D eigenvalue weighted by Gasteiger charge is -2.11. The first-order chi connectivity index (χ1) is 9.49. The molecule has 0 aliphatic carbocycles. The van der Waals surface area contributed by atoms with Crippen molar-refractivity contribution in [2.24, 2.45) is 0 Å². The molecule has 0 atom stereocenters. The molecular formula is C12H9BrFN5O. The summed E-state index contributed by atoms with van der Waals surface area (Å²) in [7, 11) is 1.34. The fraction of sp³-hybridized carbons (Fsp3) is 0.0833. The number of nitrogen functional groups attached to an aromatic ring is 2. The van der Waals surface area contributed by atoms with E-state index in [1.165, 1.54) is 13.2 Å². The molecule has 102 valence electrons. The van der Waals surface area contributed by atoms with Gasteiger partial charge < -0.3 is 16.2 Å². The van der Waals surface area contributed by atoms with Gasteiger partial charge in [0.2, 0.25) is 5.95 Å². The number of ether oxygens (including phenoxy) is 1. The summed E-state index contributed by atoms with van der Waals surface area (Å²) >= 11 is 3.21. The number of nitrogens with zero attached hydrogens (tertiary/aromatic N) is 3. The first kappa shape index (κ1) is 14.0. The molecule has 0 saturated carbocycles. The standard InChI is InChI=1S/C12H9BrFN5O/c1-20-7-3-2-6(13)8(9(7)14)10-5(4-15)11(16)19-12(17)18-10/h2-3H,1H3,(H4,16,17,18,19). The van der Waals surface area contributed by atoms with Crippen molar-refractivity contribution in [3.63, 3.8) is 0 Å². The Morgan fingerprint density at radius 2 is 2.05 bits per heavy atom. The number of methoxy groups -OCH3 is 1. The molecule has 4 N–H and O–H groups in total. The summed E-state index contributed by atoms with van der Waals surface area (Å²) in [5.41, 5.74) is 11.1. The van der Waals surface area contributed by atoms with E-state index in [9.17, 15) is 4.39 Å². The van der Waals surface area contributed by atoms with Crippen LogP contribution < -0.4 is 16.2 Å². The van der Waals surface area contributed by atoms with Crippen molar-refractivity contribution in [1.29, 1.82) is 5.26 Å². The number of halogens is 2. The number of aromatic nitrogens is 2. The van der Waals surface area contributed by atoms with Gasteiger partial charge in [-0.1, -0.05) is 0 Å². The quantitative estimate of drug-likeness (QED) is 0.867. The fourth-order valence-corrected chi connectivity index (χ4v) is 2.19. The smallest absolute Gasteiger partial charge is 0.222 e. The molecule has 1 aromatic heterocycles. The van der Waals surface area contributed by atoms with E-state index in [4.69, 9.17) is 21.5 Å². The van der Waals surface area contributed by atoms with Crippen molar-refractivity contribution in [2.75, 3.05) is 18.6 Å². The predicted molar refractivity (Wildman–Crippen MR) is 75.2 cm³/mol. The molecule has 0 fully saturated rings. The van der Waals surface area contributed by atoms with Gasteiger partial charge in [0.1, 0.15) is 23.1 Å². The van der Waals surface area contributed by atoms with E-state index in [0.29, 0.717) is 4.47 Å². The van der Waals surface area contributed by atoms with Gasteiger partial charge in [-0.05, 0) is 28.1 Å². The Hall–Kier alpha value is -2.40. The van der Waals surface area contributed by atoms with Crippen LogP contribution in [-0.4, -0.2) is 17.1 Å². The van der Waals surface area contributed by atoms with Gasteiger partial charge in [-0.15, -0.1) is 0 Å². The monoisotopic (exact) mass is 337 g/mol. The number of nitriles is 1. The van der Waals surface area contributed by atoms with Crippen molar-refractivity contribution in [3.05, 3.63) is 28.0 Å². The van der Waals surface area contributed by atoms with Crippen LogP contribution in [0.1, 0.15) is 5.56 Å². The van der Waals surface area contributed by atoms with Gasteiger partial charge in [0, 0.05) is 4.47 Å². The third kappa shape index (κ3) is 2.23. The minimum Gasteiger partial charge on any atom is -0.494 e. The fourth-order valence-electron chi connectivity index (χ4n) is 1.70. The van der Waals surface area contributed by atoms with Crippen molar-refractivity contribution in [3.8, 4) is 23.1 Å². The highest BCUT2D eigenvalue weighted by atomic mass is 79.9. The number of rotatable bonds is 2. The highest BCUT2D eigenvalue weighted by Gasteiger charge is 2.21. The Kier molecular flexibility index (Phi) is 3.72. The van der Waals surface area contributed by atoms with Crippen molar-refractivity contribution in [1.82, 2.24) is 9.97 Å². The SMILES string of the molecule is COc1ccc(Br)c(-c2nc(N)nc(N)c2C#N)c1F. The molecule has 2 aromatic rings. The molecule has 0 spiro atoms. The molecule has 1 aromatic carbocycles. The number of anilines is 2. The molecule has 0 unspecified atom stereocenters. The molecule has 0 aliphatic rings. The number of hydrogen-bond donors (Lipinski definition) is 2. The predicted octanol–water partition coefficient (Wildman–Crippen LogP) is 2.09. The molecule has 0 saturated heterocycles. The largest absolute Gasteiger partial charge is 0.494 e. The minimum atomic E-state index is -0.670. The zero-order valence-corrected chi connectivity index (χ0v) is 11.9. The molecular weight excluding hydrogens is 329 g/mol. The van der Waals surface area contributed by atoms with E-state index >= 15 is 0 Å².